The van der Waals surface area contributed by atoms with E-state index in [1.54, 1.807) is 18.2 Å². The first-order chi connectivity index (χ1) is 8.09. The minimum absolute atomic E-state index is 0.0880. The molecular weight excluding hydrogens is 220 g/mol. The van der Waals surface area contributed by atoms with Crippen molar-refractivity contribution in [3.63, 3.8) is 0 Å². The maximum absolute atomic E-state index is 11.2. The van der Waals surface area contributed by atoms with Crippen LogP contribution in [0, 0.1) is 0 Å². The molecule has 0 bridgehead atoms. The maximum Gasteiger partial charge on any atom is 0.337 e. The third-order valence-electron chi connectivity index (χ3n) is 2.85. The number of carbonyl (C=O) groups is 1. The average Bonchev–Trinajstić information content (AvgIpc) is 2.28. The highest BCUT2D eigenvalue weighted by Crippen LogP contribution is 2.29. The van der Waals surface area contributed by atoms with Crippen LogP contribution in [0.3, 0.4) is 0 Å². The molecule has 17 heavy (non-hydrogen) atoms. The number of anilines is 2. The quantitative estimate of drug-likeness (QED) is 0.754. The molecule has 0 amide bonds. The third kappa shape index (κ3) is 2.34. The van der Waals surface area contributed by atoms with Gasteiger partial charge in [0.25, 0.3) is 0 Å². The maximum atomic E-state index is 11.2. The number of carboxylic acids is 1. The van der Waals surface area contributed by atoms with Crippen molar-refractivity contribution < 1.29 is 14.6 Å². The van der Waals surface area contributed by atoms with E-state index in [4.69, 9.17) is 10.5 Å². The zero-order valence-corrected chi connectivity index (χ0v) is 9.72. The smallest absolute Gasteiger partial charge is 0.337 e. The third-order valence-corrected chi connectivity index (χ3v) is 2.85. The zero-order chi connectivity index (χ0) is 12.4. The Morgan fingerprint density at radius 1 is 1.59 bits per heavy atom. The van der Waals surface area contributed by atoms with Crippen molar-refractivity contribution in [3.05, 3.63) is 23.8 Å². The fourth-order valence-electron chi connectivity index (χ4n) is 2.11. The second-order valence-corrected chi connectivity index (χ2v) is 4.18. The molecule has 5 nitrogen and oxygen atoms in total. The van der Waals surface area contributed by atoms with Gasteiger partial charge in [0.2, 0.25) is 0 Å². The van der Waals surface area contributed by atoms with Gasteiger partial charge in [0, 0.05) is 13.1 Å². The molecule has 0 aromatic heterocycles. The molecule has 5 heteroatoms. The Morgan fingerprint density at radius 2 is 2.35 bits per heavy atom. The highest BCUT2D eigenvalue weighted by Gasteiger charge is 2.23. The Hall–Kier alpha value is -1.75. The topological polar surface area (TPSA) is 75.8 Å². The van der Waals surface area contributed by atoms with Crippen molar-refractivity contribution in [2.45, 2.75) is 13.0 Å². The van der Waals surface area contributed by atoms with E-state index in [0.717, 1.165) is 0 Å². The number of hydrogen-bond donors (Lipinski definition) is 2. The van der Waals surface area contributed by atoms with Crippen LogP contribution in [0.2, 0.25) is 0 Å². The van der Waals surface area contributed by atoms with Crippen LogP contribution in [0.15, 0.2) is 18.2 Å². The SMILES string of the molecule is CC1CN(c2c(N)cccc2C(=O)O)CCO1. The Bertz CT molecular complexity index is 434. The van der Waals surface area contributed by atoms with Crippen molar-refractivity contribution in [1.82, 2.24) is 0 Å². The van der Waals surface area contributed by atoms with E-state index in [1.165, 1.54) is 0 Å². The zero-order valence-electron chi connectivity index (χ0n) is 9.72. The Labute approximate surface area is 99.8 Å². The standard InChI is InChI=1S/C12H16N2O3/c1-8-7-14(5-6-17-8)11-9(12(15)16)3-2-4-10(11)13/h2-4,8H,5-7,13H2,1H3,(H,15,16). The summed E-state index contributed by atoms with van der Waals surface area (Å²) in [5, 5.41) is 9.17. The van der Waals surface area contributed by atoms with Crippen molar-refractivity contribution in [3.8, 4) is 0 Å². The number of hydrogen-bond acceptors (Lipinski definition) is 4. The lowest BCUT2D eigenvalue weighted by Gasteiger charge is -2.34. The molecule has 1 saturated heterocycles. The summed E-state index contributed by atoms with van der Waals surface area (Å²) in [5.74, 6) is -0.952. The van der Waals surface area contributed by atoms with Crippen LogP contribution >= 0.6 is 0 Å². The first kappa shape index (κ1) is 11.7. The van der Waals surface area contributed by atoms with E-state index in [2.05, 4.69) is 0 Å². The van der Waals surface area contributed by atoms with E-state index >= 15 is 0 Å². The fourth-order valence-corrected chi connectivity index (χ4v) is 2.11. The van der Waals surface area contributed by atoms with Gasteiger partial charge in [-0.25, -0.2) is 4.79 Å². The number of benzene rings is 1. The summed E-state index contributed by atoms with van der Waals surface area (Å²) in [6.45, 7) is 3.88. The molecule has 1 atom stereocenters. The summed E-state index contributed by atoms with van der Waals surface area (Å²) in [5.41, 5.74) is 7.24. The van der Waals surface area contributed by atoms with Crippen LogP contribution < -0.4 is 10.6 Å². The number of nitrogens with two attached hydrogens (primary N) is 1. The van der Waals surface area contributed by atoms with Crippen LogP contribution in [0.4, 0.5) is 11.4 Å². The van der Waals surface area contributed by atoms with Gasteiger partial charge in [0.1, 0.15) is 0 Å². The average molecular weight is 236 g/mol. The number of aromatic carboxylic acids is 1. The molecule has 3 N–H and O–H groups in total. The van der Waals surface area contributed by atoms with Gasteiger partial charge in [-0.2, -0.15) is 0 Å². The molecule has 1 aromatic carbocycles. The molecule has 0 aliphatic carbocycles. The molecule has 0 radical (unpaired) electrons. The first-order valence-electron chi connectivity index (χ1n) is 5.58. The van der Waals surface area contributed by atoms with Crippen molar-refractivity contribution in [1.29, 1.82) is 0 Å². The van der Waals surface area contributed by atoms with Gasteiger partial charge in [0.05, 0.1) is 29.6 Å². The molecule has 1 unspecified atom stereocenters. The summed E-state index contributed by atoms with van der Waals surface area (Å²) in [6.07, 6.45) is 0.0880. The molecule has 1 aliphatic rings. The van der Waals surface area contributed by atoms with Gasteiger partial charge in [0.15, 0.2) is 0 Å². The lowest BCUT2D eigenvalue weighted by molar-refractivity contribution is 0.0528. The van der Waals surface area contributed by atoms with Crippen molar-refractivity contribution >= 4 is 17.3 Å². The van der Waals surface area contributed by atoms with E-state index in [1.807, 2.05) is 11.8 Å². The number of ether oxygens (including phenoxy) is 1. The molecule has 2 rings (SSSR count). The first-order valence-corrected chi connectivity index (χ1v) is 5.58. The van der Waals surface area contributed by atoms with Gasteiger partial charge < -0.3 is 20.5 Å². The summed E-state index contributed by atoms with van der Waals surface area (Å²) < 4.78 is 5.44. The second kappa shape index (κ2) is 4.63. The number of nitrogens with zero attached hydrogens (tertiary/aromatic N) is 1. The molecule has 1 aromatic rings. The summed E-state index contributed by atoms with van der Waals surface area (Å²) in [7, 11) is 0. The fraction of sp³-hybridized carbons (Fsp3) is 0.417. The molecule has 1 aliphatic heterocycles. The summed E-state index contributed by atoms with van der Waals surface area (Å²) in [4.78, 5) is 13.2. The largest absolute Gasteiger partial charge is 0.478 e. The minimum Gasteiger partial charge on any atom is -0.478 e. The predicted octanol–water partition coefficient (Wildman–Crippen LogP) is 1.19. The normalized spacial score (nSPS) is 20.3. The highest BCUT2D eigenvalue weighted by atomic mass is 16.5. The Morgan fingerprint density at radius 3 is 3.00 bits per heavy atom. The molecule has 1 fully saturated rings. The van der Waals surface area contributed by atoms with Gasteiger partial charge in [-0.15, -0.1) is 0 Å². The summed E-state index contributed by atoms with van der Waals surface area (Å²) >= 11 is 0. The number of para-hydroxylation sites is 1. The lowest BCUT2D eigenvalue weighted by atomic mass is 10.1. The number of rotatable bonds is 2. The van der Waals surface area contributed by atoms with Gasteiger partial charge in [-0.3, -0.25) is 0 Å². The minimum atomic E-state index is -0.952. The van der Waals surface area contributed by atoms with E-state index in [0.29, 0.717) is 31.1 Å². The number of nitrogen functional groups attached to an aromatic ring is 1. The lowest BCUT2D eigenvalue weighted by Crippen LogP contribution is -2.42. The van der Waals surface area contributed by atoms with Crippen LogP contribution in [-0.2, 0) is 4.74 Å². The Kier molecular flexibility index (Phi) is 3.19. The monoisotopic (exact) mass is 236 g/mol. The van der Waals surface area contributed by atoms with Crippen LogP contribution in [0.1, 0.15) is 17.3 Å². The number of morpholine rings is 1. The van der Waals surface area contributed by atoms with Crippen LogP contribution in [0.5, 0.6) is 0 Å². The van der Waals surface area contributed by atoms with Gasteiger partial charge in [-0.05, 0) is 19.1 Å². The predicted molar refractivity (Wildman–Crippen MR) is 65.4 cm³/mol. The van der Waals surface area contributed by atoms with Gasteiger partial charge >= 0.3 is 5.97 Å². The molecular formula is C12H16N2O3. The number of carboxylic acid groups (broad SMARTS) is 1. The highest BCUT2D eigenvalue weighted by molar-refractivity contribution is 5.98. The van der Waals surface area contributed by atoms with Crippen molar-refractivity contribution in [2.75, 3.05) is 30.3 Å². The Balaban J connectivity index is 2.39. The van der Waals surface area contributed by atoms with Crippen LogP contribution in [-0.4, -0.2) is 36.9 Å². The van der Waals surface area contributed by atoms with E-state index in [9.17, 15) is 9.90 Å². The van der Waals surface area contributed by atoms with E-state index in [-0.39, 0.29) is 11.7 Å². The molecule has 0 spiro atoms. The molecule has 0 saturated carbocycles. The van der Waals surface area contributed by atoms with Gasteiger partial charge in [-0.1, -0.05) is 6.07 Å². The van der Waals surface area contributed by atoms with Crippen molar-refractivity contribution in [2.24, 2.45) is 0 Å². The summed E-state index contributed by atoms with van der Waals surface area (Å²) in [6, 6.07) is 4.96. The molecule has 92 valence electrons. The van der Waals surface area contributed by atoms with E-state index < -0.39 is 5.97 Å². The second-order valence-electron chi connectivity index (χ2n) is 4.18. The van der Waals surface area contributed by atoms with Crippen LogP contribution in [0.25, 0.3) is 0 Å². The molecule has 1 heterocycles.